The topological polar surface area (TPSA) is 55.0 Å². The molecule has 0 unspecified atom stereocenters. The van der Waals surface area contributed by atoms with Crippen LogP contribution in [0.15, 0.2) is 0 Å². The molecule has 7 heteroatoms. The number of nitrogens with zero attached hydrogens (tertiary/aromatic N) is 3. The van der Waals surface area contributed by atoms with E-state index in [2.05, 4.69) is 10.2 Å². The first-order valence-corrected chi connectivity index (χ1v) is 6.76. The summed E-state index contributed by atoms with van der Waals surface area (Å²) in [5, 5.41) is 8.04. The van der Waals surface area contributed by atoms with E-state index in [0.29, 0.717) is 18.4 Å². The highest BCUT2D eigenvalue weighted by molar-refractivity contribution is 5.51. The Morgan fingerprint density at radius 3 is 2.10 bits per heavy atom. The molecule has 0 aliphatic rings. The fraction of sp³-hybridized carbons (Fsp3) is 0.692. The minimum atomic E-state index is -4.28. The van der Waals surface area contributed by atoms with Crippen molar-refractivity contribution >= 4 is 5.82 Å². The molecule has 0 aromatic carbocycles. The molecule has 0 fully saturated rings. The van der Waals surface area contributed by atoms with Crippen molar-refractivity contribution < 1.29 is 13.2 Å². The van der Waals surface area contributed by atoms with Crippen LogP contribution >= 0.6 is 0 Å². The number of nitrogens with two attached hydrogens (primary N) is 1. The van der Waals surface area contributed by atoms with Crippen LogP contribution in [0.5, 0.6) is 0 Å². The second kappa shape index (κ2) is 6.88. The maximum Gasteiger partial charge on any atom is 0.405 e. The minimum Gasteiger partial charge on any atom is -0.346 e. The van der Waals surface area contributed by atoms with Crippen LogP contribution in [0.1, 0.15) is 37.6 Å². The average molecular weight is 290 g/mol. The van der Waals surface area contributed by atoms with Crippen molar-refractivity contribution in [3.63, 3.8) is 0 Å². The van der Waals surface area contributed by atoms with Crippen molar-refractivity contribution in [3.8, 4) is 0 Å². The summed E-state index contributed by atoms with van der Waals surface area (Å²) in [5.41, 5.74) is 8.13. The second-order valence-corrected chi connectivity index (χ2v) is 4.47. The average Bonchev–Trinajstić information content (AvgIpc) is 2.41. The van der Waals surface area contributed by atoms with Crippen LogP contribution in [0.4, 0.5) is 19.0 Å². The molecule has 0 aliphatic carbocycles. The maximum atomic E-state index is 12.6. The molecule has 1 heterocycles. The third kappa shape index (κ3) is 3.82. The summed E-state index contributed by atoms with van der Waals surface area (Å²) in [6.07, 6.45) is -2.91. The van der Waals surface area contributed by atoms with Gasteiger partial charge in [-0.25, -0.2) is 0 Å². The summed E-state index contributed by atoms with van der Waals surface area (Å²) < 4.78 is 37.9. The van der Waals surface area contributed by atoms with Gasteiger partial charge in [-0.2, -0.15) is 18.3 Å². The Labute approximate surface area is 117 Å². The zero-order chi connectivity index (χ0) is 15.3. The first-order chi connectivity index (χ1) is 9.37. The van der Waals surface area contributed by atoms with Crippen molar-refractivity contribution in [3.05, 3.63) is 16.8 Å². The van der Waals surface area contributed by atoms with Crippen molar-refractivity contribution in [1.82, 2.24) is 10.2 Å². The van der Waals surface area contributed by atoms with E-state index in [0.717, 1.165) is 11.3 Å². The molecule has 0 saturated carbocycles. The molecule has 0 radical (unpaired) electrons. The summed E-state index contributed by atoms with van der Waals surface area (Å²) in [6.45, 7) is 4.87. The van der Waals surface area contributed by atoms with E-state index < -0.39 is 12.7 Å². The van der Waals surface area contributed by atoms with Crippen LogP contribution in [0.3, 0.4) is 0 Å². The van der Waals surface area contributed by atoms with E-state index >= 15 is 0 Å². The van der Waals surface area contributed by atoms with Crippen molar-refractivity contribution in [2.45, 2.75) is 46.3 Å². The van der Waals surface area contributed by atoms with Gasteiger partial charge >= 0.3 is 6.18 Å². The Morgan fingerprint density at radius 1 is 1.05 bits per heavy atom. The number of aromatic nitrogens is 2. The van der Waals surface area contributed by atoms with Crippen LogP contribution in [-0.2, 0) is 19.4 Å². The number of rotatable bonds is 6. The molecular weight excluding hydrogens is 269 g/mol. The monoisotopic (exact) mass is 290 g/mol. The second-order valence-electron chi connectivity index (χ2n) is 4.47. The highest BCUT2D eigenvalue weighted by Gasteiger charge is 2.32. The van der Waals surface area contributed by atoms with Gasteiger partial charge in [0.25, 0.3) is 0 Å². The highest BCUT2D eigenvalue weighted by atomic mass is 19.4. The van der Waals surface area contributed by atoms with Gasteiger partial charge in [-0.3, -0.25) is 0 Å². The molecule has 20 heavy (non-hydrogen) atoms. The van der Waals surface area contributed by atoms with Crippen LogP contribution in [0.2, 0.25) is 0 Å². The van der Waals surface area contributed by atoms with Crippen molar-refractivity contribution in [2.75, 3.05) is 18.0 Å². The van der Waals surface area contributed by atoms with Gasteiger partial charge < -0.3 is 10.6 Å². The maximum absolute atomic E-state index is 12.6. The number of aryl methyl sites for hydroxylation is 1. The summed E-state index contributed by atoms with van der Waals surface area (Å²) >= 11 is 0. The lowest BCUT2D eigenvalue weighted by molar-refractivity contribution is -0.119. The summed E-state index contributed by atoms with van der Waals surface area (Å²) in [7, 11) is 0. The summed E-state index contributed by atoms with van der Waals surface area (Å²) in [4.78, 5) is 1.17. The molecule has 4 nitrogen and oxygen atoms in total. The molecule has 0 spiro atoms. The Kier molecular flexibility index (Phi) is 5.74. The normalized spacial score (nSPS) is 11.8. The largest absolute Gasteiger partial charge is 0.405 e. The quantitative estimate of drug-likeness (QED) is 0.874. The molecule has 1 rings (SSSR count). The van der Waals surface area contributed by atoms with Crippen LogP contribution < -0.4 is 10.6 Å². The first-order valence-electron chi connectivity index (χ1n) is 6.76. The molecule has 0 saturated heterocycles. The molecule has 0 atom stereocenters. The summed E-state index contributed by atoms with van der Waals surface area (Å²) in [5.74, 6) is 0.251. The Hall–Kier alpha value is -1.37. The Bertz CT molecular complexity index is 446. The molecule has 0 aliphatic heterocycles. The standard InChI is InChI=1S/C13H21F3N4/c1-4-9-10(7-17)12(19-18-11(9)5-2)20(6-3)8-13(14,15)16/h4-8,17H2,1-3H3. The van der Waals surface area contributed by atoms with Gasteiger partial charge in [-0.1, -0.05) is 13.8 Å². The zero-order valence-electron chi connectivity index (χ0n) is 12.1. The zero-order valence-corrected chi connectivity index (χ0v) is 12.1. The third-order valence-corrected chi connectivity index (χ3v) is 3.19. The van der Waals surface area contributed by atoms with Gasteiger partial charge in [0.1, 0.15) is 6.54 Å². The van der Waals surface area contributed by atoms with Gasteiger partial charge in [-0.05, 0) is 25.3 Å². The predicted octanol–water partition coefficient (Wildman–Crippen LogP) is 2.45. The molecule has 0 bridgehead atoms. The molecule has 0 amide bonds. The minimum absolute atomic E-state index is 0.162. The van der Waals surface area contributed by atoms with Crippen molar-refractivity contribution in [2.24, 2.45) is 5.73 Å². The number of hydrogen-bond acceptors (Lipinski definition) is 4. The Balaban J connectivity index is 3.28. The van der Waals surface area contributed by atoms with Crippen LogP contribution in [-0.4, -0.2) is 29.5 Å². The molecule has 1 aromatic rings. The van der Waals surface area contributed by atoms with E-state index in [4.69, 9.17) is 5.73 Å². The van der Waals surface area contributed by atoms with Gasteiger partial charge in [-0.15, -0.1) is 5.10 Å². The van der Waals surface area contributed by atoms with E-state index in [9.17, 15) is 13.2 Å². The number of anilines is 1. The molecule has 1 aromatic heterocycles. The highest BCUT2D eigenvalue weighted by Crippen LogP contribution is 2.26. The predicted molar refractivity (Wildman–Crippen MR) is 72.6 cm³/mol. The van der Waals surface area contributed by atoms with Gasteiger partial charge in [0.05, 0.1) is 5.69 Å². The van der Waals surface area contributed by atoms with Crippen LogP contribution in [0.25, 0.3) is 0 Å². The number of hydrogen-bond donors (Lipinski definition) is 1. The van der Waals surface area contributed by atoms with Crippen LogP contribution in [0, 0.1) is 0 Å². The van der Waals surface area contributed by atoms with Gasteiger partial charge in [0.2, 0.25) is 0 Å². The van der Waals surface area contributed by atoms with Gasteiger partial charge in [0.15, 0.2) is 5.82 Å². The lowest BCUT2D eigenvalue weighted by Gasteiger charge is -2.26. The molecular formula is C13H21F3N4. The van der Waals surface area contributed by atoms with E-state index in [1.807, 2.05) is 13.8 Å². The lowest BCUT2D eigenvalue weighted by Crippen LogP contribution is -2.36. The van der Waals surface area contributed by atoms with E-state index in [1.54, 1.807) is 6.92 Å². The smallest absolute Gasteiger partial charge is 0.346 e. The summed E-state index contributed by atoms with van der Waals surface area (Å²) in [6, 6.07) is 0. The van der Waals surface area contributed by atoms with Gasteiger partial charge in [0, 0.05) is 18.7 Å². The third-order valence-electron chi connectivity index (χ3n) is 3.19. The van der Waals surface area contributed by atoms with Crippen molar-refractivity contribution in [1.29, 1.82) is 0 Å². The number of alkyl halides is 3. The van der Waals surface area contributed by atoms with E-state index in [1.165, 1.54) is 4.90 Å². The molecule has 2 N–H and O–H groups in total. The first kappa shape index (κ1) is 16.7. The fourth-order valence-corrected chi connectivity index (χ4v) is 2.26. The SMILES string of the molecule is CCc1nnc(N(CC)CC(F)(F)F)c(CN)c1CC. The number of halogens is 3. The lowest BCUT2D eigenvalue weighted by atomic mass is 10.0. The van der Waals surface area contributed by atoms with E-state index in [-0.39, 0.29) is 18.9 Å². The molecule has 114 valence electrons. The fourth-order valence-electron chi connectivity index (χ4n) is 2.26. The Morgan fingerprint density at radius 2 is 1.70 bits per heavy atom.